The molecule has 104 valence electrons. The molecular weight excluding hydrogens is 340 g/mol. The fourth-order valence-electron chi connectivity index (χ4n) is 2.43. The van der Waals surface area contributed by atoms with Crippen LogP contribution in [-0.2, 0) is 6.42 Å². The van der Waals surface area contributed by atoms with E-state index in [-0.39, 0.29) is 0 Å². The molecule has 1 atom stereocenters. The molecule has 1 aliphatic rings. The molecule has 3 rings (SSSR count). The van der Waals surface area contributed by atoms with Gasteiger partial charge in [0.15, 0.2) is 0 Å². The number of ether oxygens (including phenoxy) is 1. The molecule has 0 amide bonds. The van der Waals surface area contributed by atoms with Crippen LogP contribution in [0.2, 0.25) is 5.02 Å². The Morgan fingerprint density at radius 1 is 1.15 bits per heavy atom. The Kier molecular flexibility index (Phi) is 4.01. The van der Waals surface area contributed by atoms with E-state index in [1.54, 1.807) is 6.07 Å². The molecule has 0 radical (unpaired) electrons. The lowest BCUT2D eigenvalue weighted by Gasteiger charge is -2.20. The summed E-state index contributed by atoms with van der Waals surface area (Å²) in [5.74, 6) is 0.935. The molecule has 0 saturated carbocycles. The molecule has 1 aliphatic heterocycles. The van der Waals surface area contributed by atoms with Crippen LogP contribution in [0.3, 0.4) is 0 Å². The molecule has 0 aromatic heterocycles. The van der Waals surface area contributed by atoms with E-state index in [9.17, 15) is 5.11 Å². The second-order valence-electron chi connectivity index (χ2n) is 4.90. The maximum absolute atomic E-state index is 10.5. The summed E-state index contributed by atoms with van der Waals surface area (Å²) in [5.41, 5.74) is 2.86. The van der Waals surface area contributed by atoms with E-state index < -0.39 is 6.10 Å². The highest BCUT2D eigenvalue weighted by Gasteiger charge is 2.16. The summed E-state index contributed by atoms with van der Waals surface area (Å²) >= 11 is 9.37. The number of rotatable bonds is 2. The quantitative estimate of drug-likeness (QED) is 0.861. The van der Waals surface area contributed by atoms with Gasteiger partial charge in [0.25, 0.3) is 0 Å². The Hall–Kier alpha value is -1.03. The number of fused-ring (bicyclic) bond motifs is 1. The van der Waals surface area contributed by atoms with E-state index in [2.05, 4.69) is 15.9 Å². The normalized spacial score (nSPS) is 15.3. The maximum Gasteiger partial charge on any atom is 0.122 e. The minimum atomic E-state index is -0.657. The average molecular weight is 354 g/mol. The molecule has 0 bridgehead atoms. The number of hydrogen-bond acceptors (Lipinski definition) is 2. The molecule has 0 aliphatic carbocycles. The summed E-state index contributed by atoms with van der Waals surface area (Å²) in [4.78, 5) is 0. The zero-order valence-electron chi connectivity index (χ0n) is 10.8. The van der Waals surface area contributed by atoms with Crippen LogP contribution in [0, 0.1) is 0 Å². The Morgan fingerprint density at radius 2 is 1.90 bits per heavy atom. The van der Waals surface area contributed by atoms with E-state index in [1.165, 1.54) is 5.56 Å². The van der Waals surface area contributed by atoms with Crippen molar-refractivity contribution in [3.8, 4) is 5.75 Å². The van der Waals surface area contributed by atoms with Crippen LogP contribution in [0.1, 0.15) is 29.2 Å². The van der Waals surface area contributed by atoms with Crippen molar-refractivity contribution >= 4 is 27.5 Å². The summed E-state index contributed by atoms with van der Waals surface area (Å²) in [5, 5.41) is 11.1. The summed E-state index contributed by atoms with van der Waals surface area (Å²) < 4.78 is 6.38. The van der Waals surface area contributed by atoms with Crippen molar-refractivity contribution in [3.05, 3.63) is 62.6 Å². The second-order valence-corrected chi connectivity index (χ2v) is 6.16. The molecule has 20 heavy (non-hydrogen) atoms. The highest BCUT2D eigenvalue weighted by atomic mass is 79.9. The predicted molar refractivity (Wildman–Crippen MR) is 83.5 cm³/mol. The van der Waals surface area contributed by atoms with Gasteiger partial charge in [-0.2, -0.15) is 0 Å². The minimum absolute atomic E-state index is 0.639. The Labute approximate surface area is 131 Å². The highest BCUT2D eigenvalue weighted by molar-refractivity contribution is 9.10. The summed E-state index contributed by atoms with van der Waals surface area (Å²) in [6.07, 6.45) is 1.37. The SMILES string of the molecule is OC(c1ccc(Cl)c(Br)c1)c1ccc2c(c1)CCCO2. The predicted octanol–water partition coefficient (Wildman–Crippen LogP) is 4.51. The molecule has 0 spiro atoms. The number of aliphatic hydroxyl groups is 1. The van der Waals surface area contributed by atoms with Gasteiger partial charge in [0.05, 0.1) is 11.6 Å². The van der Waals surface area contributed by atoms with Gasteiger partial charge in [0, 0.05) is 4.47 Å². The largest absolute Gasteiger partial charge is 0.493 e. The van der Waals surface area contributed by atoms with Crippen molar-refractivity contribution in [1.82, 2.24) is 0 Å². The third-order valence-corrected chi connectivity index (χ3v) is 4.72. The highest BCUT2D eigenvalue weighted by Crippen LogP contribution is 2.32. The van der Waals surface area contributed by atoms with Gasteiger partial charge in [-0.3, -0.25) is 0 Å². The van der Waals surface area contributed by atoms with Crippen LogP contribution in [-0.4, -0.2) is 11.7 Å². The zero-order valence-corrected chi connectivity index (χ0v) is 13.1. The van der Waals surface area contributed by atoms with E-state index in [0.717, 1.165) is 40.8 Å². The van der Waals surface area contributed by atoms with Gasteiger partial charge in [-0.1, -0.05) is 23.7 Å². The van der Waals surface area contributed by atoms with Crippen LogP contribution >= 0.6 is 27.5 Å². The van der Waals surface area contributed by atoms with Crippen LogP contribution in [0.5, 0.6) is 5.75 Å². The number of hydrogen-bond donors (Lipinski definition) is 1. The van der Waals surface area contributed by atoms with Crippen molar-refractivity contribution in [2.75, 3.05) is 6.61 Å². The fraction of sp³-hybridized carbons (Fsp3) is 0.250. The van der Waals surface area contributed by atoms with Crippen LogP contribution in [0.4, 0.5) is 0 Å². The number of benzene rings is 2. The molecule has 4 heteroatoms. The van der Waals surface area contributed by atoms with Crippen molar-refractivity contribution in [1.29, 1.82) is 0 Å². The molecule has 2 aromatic rings. The lowest BCUT2D eigenvalue weighted by Crippen LogP contribution is -2.09. The smallest absolute Gasteiger partial charge is 0.122 e. The van der Waals surface area contributed by atoms with Gasteiger partial charge in [-0.05, 0) is 69.7 Å². The van der Waals surface area contributed by atoms with Gasteiger partial charge in [-0.15, -0.1) is 0 Å². The van der Waals surface area contributed by atoms with Gasteiger partial charge >= 0.3 is 0 Å². The molecule has 2 aromatic carbocycles. The maximum atomic E-state index is 10.5. The first-order chi connectivity index (χ1) is 9.65. The third-order valence-electron chi connectivity index (χ3n) is 3.51. The first kappa shape index (κ1) is 13.9. The van der Waals surface area contributed by atoms with Crippen LogP contribution in [0.15, 0.2) is 40.9 Å². The van der Waals surface area contributed by atoms with Gasteiger partial charge in [0.2, 0.25) is 0 Å². The van der Waals surface area contributed by atoms with Crippen molar-refractivity contribution in [2.45, 2.75) is 18.9 Å². The molecular formula is C16H14BrClO2. The summed E-state index contributed by atoms with van der Waals surface area (Å²) in [7, 11) is 0. The average Bonchev–Trinajstić information content (AvgIpc) is 2.49. The minimum Gasteiger partial charge on any atom is -0.493 e. The van der Waals surface area contributed by atoms with Gasteiger partial charge in [-0.25, -0.2) is 0 Å². The molecule has 1 heterocycles. The second kappa shape index (κ2) is 5.76. The number of aliphatic hydroxyl groups excluding tert-OH is 1. The Bertz CT molecular complexity index is 642. The van der Waals surface area contributed by atoms with Crippen molar-refractivity contribution in [2.24, 2.45) is 0 Å². The molecule has 0 saturated heterocycles. The van der Waals surface area contributed by atoms with Gasteiger partial charge < -0.3 is 9.84 Å². The molecule has 0 fully saturated rings. The fourth-order valence-corrected chi connectivity index (χ4v) is 2.94. The van der Waals surface area contributed by atoms with E-state index in [0.29, 0.717) is 5.02 Å². The Balaban J connectivity index is 1.93. The standard InChI is InChI=1S/C16H14BrClO2/c17-13-9-12(3-5-14(13)18)16(19)11-4-6-15-10(8-11)2-1-7-20-15/h3-6,8-9,16,19H,1-2,7H2. The van der Waals surface area contributed by atoms with E-state index in [1.807, 2.05) is 30.3 Å². The zero-order chi connectivity index (χ0) is 14.1. The summed E-state index contributed by atoms with van der Waals surface area (Å²) in [6, 6.07) is 11.4. The van der Waals surface area contributed by atoms with Crippen LogP contribution in [0.25, 0.3) is 0 Å². The third kappa shape index (κ3) is 2.71. The number of halogens is 2. The lowest BCUT2D eigenvalue weighted by molar-refractivity contribution is 0.219. The summed E-state index contributed by atoms with van der Waals surface area (Å²) in [6.45, 7) is 0.777. The molecule has 1 unspecified atom stereocenters. The molecule has 1 N–H and O–H groups in total. The first-order valence-electron chi connectivity index (χ1n) is 6.54. The van der Waals surface area contributed by atoms with Crippen LogP contribution < -0.4 is 4.74 Å². The Morgan fingerprint density at radius 3 is 2.70 bits per heavy atom. The van der Waals surface area contributed by atoms with E-state index in [4.69, 9.17) is 16.3 Å². The lowest BCUT2D eigenvalue weighted by atomic mass is 9.97. The van der Waals surface area contributed by atoms with E-state index >= 15 is 0 Å². The number of aryl methyl sites for hydroxylation is 1. The topological polar surface area (TPSA) is 29.5 Å². The molecule has 2 nitrogen and oxygen atoms in total. The van der Waals surface area contributed by atoms with Crippen molar-refractivity contribution in [3.63, 3.8) is 0 Å². The van der Waals surface area contributed by atoms with Crippen molar-refractivity contribution < 1.29 is 9.84 Å². The first-order valence-corrected chi connectivity index (χ1v) is 7.71. The monoisotopic (exact) mass is 352 g/mol. The van der Waals surface area contributed by atoms with Gasteiger partial charge in [0.1, 0.15) is 11.9 Å².